The minimum absolute atomic E-state index is 0.0888. The Morgan fingerprint density at radius 2 is 1.21 bits per heavy atom. The predicted molar refractivity (Wildman–Crippen MR) is 74.9 cm³/mol. The molecule has 0 bridgehead atoms. The van der Waals surface area contributed by atoms with E-state index < -0.39 is 5.79 Å². The van der Waals surface area contributed by atoms with E-state index in [0.29, 0.717) is 0 Å². The van der Waals surface area contributed by atoms with Crippen LogP contribution in [0.25, 0.3) is 0 Å². The van der Waals surface area contributed by atoms with Crippen molar-refractivity contribution in [1.29, 1.82) is 0 Å². The largest absolute Gasteiger partial charge is 0.394 e. The molecule has 0 spiro atoms. The summed E-state index contributed by atoms with van der Waals surface area (Å²) in [6, 6.07) is 0. The zero-order valence-electron chi connectivity index (χ0n) is 12.4. The summed E-state index contributed by atoms with van der Waals surface area (Å²) in [6.45, 7) is 4.17. The molecule has 2 unspecified atom stereocenters. The van der Waals surface area contributed by atoms with E-state index in [0.717, 1.165) is 51.4 Å². The van der Waals surface area contributed by atoms with Gasteiger partial charge in [0, 0.05) is 12.8 Å². The van der Waals surface area contributed by atoms with Crippen molar-refractivity contribution >= 4 is 0 Å². The van der Waals surface area contributed by atoms with Gasteiger partial charge >= 0.3 is 0 Å². The van der Waals surface area contributed by atoms with E-state index in [9.17, 15) is 10.2 Å². The Bertz CT molecular complexity index is 208. The highest BCUT2D eigenvalue weighted by Gasteiger charge is 2.46. The van der Waals surface area contributed by atoms with Gasteiger partial charge in [0.1, 0.15) is 12.2 Å². The third kappa shape index (κ3) is 5.03. The van der Waals surface area contributed by atoms with Crippen molar-refractivity contribution in [2.75, 3.05) is 13.2 Å². The van der Waals surface area contributed by atoms with Crippen LogP contribution in [0.1, 0.15) is 65.2 Å². The van der Waals surface area contributed by atoms with Crippen LogP contribution in [0.3, 0.4) is 0 Å². The first kappa shape index (κ1) is 16.9. The molecule has 114 valence electrons. The summed E-state index contributed by atoms with van der Waals surface area (Å²) < 4.78 is 11.9. The van der Waals surface area contributed by atoms with Crippen LogP contribution < -0.4 is 0 Å². The molecule has 19 heavy (non-hydrogen) atoms. The van der Waals surface area contributed by atoms with E-state index in [-0.39, 0.29) is 25.4 Å². The molecule has 1 fully saturated rings. The number of ether oxygens (including phenoxy) is 2. The maximum absolute atomic E-state index is 9.33. The van der Waals surface area contributed by atoms with Crippen molar-refractivity contribution in [1.82, 2.24) is 0 Å². The van der Waals surface area contributed by atoms with Crippen LogP contribution in [0.2, 0.25) is 0 Å². The molecule has 0 radical (unpaired) electrons. The van der Waals surface area contributed by atoms with Crippen LogP contribution in [0, 0.1) is 0 Å². The summed E-state index contributed by atoms with van der Waals surface area (Å²) in [4.78, 5) is 0. The van der Waals surface area contributed by atoms with Gasteiger partial charge in [-0.25, -0.2) is 0 Å². The summed E-state index contributed by atoms with van der Waals surface area (Å²) in [5.41, 5.74) is 0. The third-order valence-electron chi connectivity index (χ3n) is 3.83. The number of aliphatic hydroxyl groups is 2. The second kappa shape index (κ2) is 8.90. The highest BCUT2D eigenvalue weighted by atomic mass is 16.8. The van der Waals surface area contributed by atoms with Gasteiger partial charge in [0.05, 0.1) is 13.2 Å². The molecule has 2 N–H and O–H groups in total. The van der Waals surface area contributed by atoms with Crippen LogP contribution in [0.4, 0.5) is 0 Å². The maximum atomic E-state index is 9.33. The molecule has 4 nitrogen and oxygen atoms in total. The van der Waals surface area contributed by atoms with Crippen LogP contribution in [-0.2, 0) is 9.47 Å². The Kier molecular flexibility index (Phi) is 7.91. The average molecular weight is 274 g/mol. The lowest BCUT2D eigenvalue weighted by molar-refractivity contribution is -0.190. The second-order valence-electron chi connectivity index (χ2n) is 5.50. The minimum atomic E-state index is -0.578. The van der Waals surface area contributed by atoms with Gasteiger partial charge in [-0.3, -0.25) is 0 Å². The summed E-state index contributed by atoms with van der Waals surface area (Å²) in [7, 11) is 0. The van der Waals surface area contributed by atoms with Crippen molar-refractivity contribution in [3.8, 4) is 0 Å². The Morgan fingerprint density at radius 1 is 0.789 bits per heavy atom. The average Bonchev–Trinajstić information content (AvgIpc) is 2.78. The molecule has 0 aromatic rings. The summed E-state index contributed by atoms with van der Waals surface area (Å²) in [6.07, 6.45) is 7.75. The number of hydrogen-bond donors (Lipinski definition) is 2. The lowest BCUT2D eigenvalue weighted by atomic mass is 10.0. The molecular formula is C15H30O4. The first-order valence-electron chi connectivity index (χ1n) is 7.78. The highest BCUT2D eigenvalue weighted by molar-refractivity contribution is 4.85. The van der Waals surface area contributed by atoms with E-state index in [1.807, 2.05) is 0 Å². The van der Waals surface area contributed by atoms with Gasteiger partial charge in [0.15, 0.2) is 5.79 Å². The molecule has 0 aromatic carbocycles. The molecule has 0 aromatic heterocycles. The molecule has 1 aliphatic rings. The van der Waals surface area contributed by atoms with Crippen molar-refractivity contribution < 1.29 is 19.7 Å². The van der Waals surface area contributed by atoms with Crippen molar-refractivity contribution in [3.63, 3.8) is 0 Å². The van der Waals surface area contributed by atoms with E-state index >= 15 is 0 Å². The molecule has 0 saturated carbocycles. The SMILES string of the molecule is CCCCCC1(CCCCC)OC(CO)C(CO)O1. The molecule has 1 heterocycles. The Balaban J connectivity index is 2.58. The quantitative estimate of drug-likeness (QED) is 0.601. The van der Waals surface area contributed by atoms with E-state index in [4.69, 9.17) is 9.47 Å². The first-order valence-corrected chi connectivity index (χ1v) is 7.78. The van der Waals surface area contributed by atoms with Gasteiger partial charge in [-0.2, -0.15) is 0 Å². The molecule has 1 saturated heterocycles. The van der Waals surface area contributed by atoms with E-state index in [2.05, 4.69) is 13.8 Å². The molecule has 1 rings (SSSR count). The Hall–Kier alpha value is -0.160. The van der Waals surface area contributed by atoms with Gasteiger partial charge in [0.2, 0.25) is 0 Å². The van der Waals surface area contributed by atoms with Gasteiger partial charge in [0.25, 0.3) is 0 Å². The fourth-order valence-corrected chi connectivity index (χ4v) is 2.69. The lowest BCUT2D eigenvalue weighted by Crippen LogP contribution is -2.31. The van der Waals surface area contributed by atoms with Crippen LogP contribution >= 0.6 is 0 Å². The number of unbranched alkanes of at least 4 members (excludes halogenated alkanes) is 4. The lowest BCUT2D eigenvalue weighted by Gasteiger charge is -2.28. The number of rotatable bonds is 10. The second-order valence-corrected chi connectivity index (χ2v) is 5.50. The molecule has 1 aliphatic heterocycles. The third-order valence-corrected chi connectivity index (χ3v) is 3.83. The highest BCUT2D eigenvalue weighted by Crippen LogP contribution is 2.37. The Morgan fingerprint density at radius 3 is 1.53 bits per heavy atom. The van der Waals surface area contributed by atoms with Gasteiger partial charge in [-0.1, -0.05) is 39.5 Å². The topological polar surface area (TPSA) is 58.9 Å². The van der Waals surface area contributed by atoms with Crippen molar-refractivity contribution in [2.24, 2.45) is 0 Å². The van der Waals surface area contributed by atoms with Gasteiger partial charge in [-0.05, 0) is 12.8 Å². The fourth-order valence-electron chi connectivity index (χ4n) is 2.69. The monoisotopic (exact) mass is 274 g/mol. The van der Waals surface area contributed by atoms with E-state index in [1.165, 1.54) is 0 Å². The van der Waals surface area contributed by atoms with Crippen LogP contribution in [0.15, 0.2) is 0 Å². The van der Waals surface area contributed by atoms with Gasteiger partial charge in [-0.15, -0.1) is 0 Å². The summed E-state index contributed by atoms with van der Waals surface area (Å²) in [5.74, 6) is -0.578. The smallest absolute Gasteiger partial charge is 0.169 e. The molecule has 4 heteroatoms. The Labute approximate surface area is 117 Å². The van der Waals surface area contributed by atoms with Gasteiger partial charge < -0.3 is 19.7 Å². The van der Waals surface area contributed by atoms with Crippen molar-refractivity contribution in [2.45, 2.75) is 83.2 Å². The van der Waals surface area contributed by atoms with E-state index in [1.54, 1.807) is 0 Å². The summed E-state index contributed by atoms with van der Waals surface area (Å²) >= 11 is 0. The minimum Gasteiger partial charge on any atom is -0.394 e. The maximum Gasteiger partial charge on any atom is 0.169 e. The van der Waals surface area contributed by atoms with Crippen LogP contribution in [-0.4, -0.2) is 41.4 Å². The molecule has 2 atom stereocenters. The normalized spacial score (nSPS) is 25.9. The number of hydrogen-bond acceptors (Lipinski definition) is 4. The van der Waals surface area contributed by atoms with Crippen molar-refractivity contribution in [3.05, 3.63) is 0 Å². The molecular weight excluding hydrogens is 244 g/mol. The first-order chi connectivity index (χ1) is 9.21. The summed E-state index contributed by atoms with van der Waals surface area (Å²) in [5, 5.41) is 18.7. The standard InChI is InChI=1S/C15H30O4/c1-3-5-7-9-15(10-8-6-4-2)18-13(11-16)14(12-17)19-15/h13-14,16-17H,3-12H2,1-2H3. The zero-order valence-corrected chi connectivity index (χ0v) is 12.4. The zero-order chi connectivity index (χ0) is 14.1. The fraction of sp³-hybridized carbons (Fsp3) is 1.00. The van der Waals surface area contributed by atoms with Crippen LogP contribution in [0.5, 0.6) is 0 Å². The molecule has 0 aliphatic carbocycles. The predicted octanol–water partition coefficient (Wildman–Crippen LogP) is 2.61. The number of aliphatic hydroxyl groups excluding tert-OH is 2. The molecule has 0 amide bonds.